The average molecular weight is 167 g/mol. The number of halogens is 1. The van der Waals surface area contributed by atoms with Crippen molar-refractivity contribution in [2.24, 2.45) is 0 Å². The minimum absolute atomic E-state index is 0. The summed E-state index contributed by atoms with van der Waals surface area (Å²) in [5, 5.41) is 12.4. The molecule has 1 N–H and O–H groups in total. The van der Waals surface area contributed by atoms with Gasteiger partial charge in [-0.3, -0.25) is 0 Å². The number of carboxylic acids is 1. The topological polar surface area (TPSA) is 64.7 Å². The third-order valence-electron chi connectivity index (χ3n) is 1.04. The lowest BCUT2D eigenvalue weighted by atomic mass is 10.5. The smallest absolute Gasteiger partial charge is 0.0934 e. The first-order valence-electron chi connectivity index (χ1n) is 2.81. The summed E-state index contributed by atoms with van der Waals surface area (Å²) in [7, 11) is 0. The Balaban J connectivity index is 0.000000810. The quantitative estimate of drug-likeness (QED) is 0.498. The van der Waals surface area contributed by atoms with Crippen molar-refractivity contribution in [1.29, 1.82) is 0 Å². The second kappa shape index (κ2) is 4.49. The lowest BCUT2D eigenvalue weighted by Crippen LogP contribution is -2.36. The van der Waals surface area contributed by atoms with Gasteiger partial charge in [0.2, 0.25) is 0 Å². The standard InChI is InChI=1S/C5H9NO3.ClH/c7-5(8)2-6-1-4-3-9-4;/h4,6H,1-3H2,(H,7,8);1H/p-1. The van der Waals surface area contributed by atoms with Gasteiger partial charge in [0.05, 0.1) is 18.7 Å². The van der Waals surface area contributed by atoms with Gasteiger partial charge in [0.1, 0.15) is 0 Å². The maximum Gasteiger partial charge on any atom is 0.0934 e. The van der Waals surface area contributed by atoms with Crippen molar-refractivity contribution in [2.75, 3.05) is 19.7 Å². The number of hydrogen-bond acceptors (Lipinski definition) is 4. The number of aliphatic carboxylic acids is 1. The molecule has 1 heterocycles. The van der Waals surface area contributed by atoms with Gasteiger partial charge in [0, 0.05) is 13.1 Å². The summed E-state index contributed by atoms with van der Waals surface area (Å²) in [6.07, 6.45) is 0.240. The van der Waals surface area contributed by atoms with Crippen LogP contribution in [-0.2, 0) is 9.53 Å². The Bertz CT molecular complexity index is 115. The molecule has 5 heteroatoms. The van der Waals surface area contributed by atoms with E-state index in [1.807, 2.05) is 0 Å². The summed E-state index contributed by atoms with van der Waals surface area (Å²) in [6, 6.07) is 0. The molecule has 0 bridgehead atoms. The predicted molar refractivity (Wildman–Crippen MR) is 34.9 cm³/mol. The fraction of sp³-hybridized carbons (Fsp3) is 0.800. The van der Waals surface area contributed by atoms with Crippen molar-refractivity contribution < 1.29 is 14.6 Å². The van der Waals surface area contributed by atoms with Gasteiger partial charge in [0.15, 0.2) is 0 Å². The molecule has 1 saturated heterocycles. The number of epoxide rings is 1. The molecule has 0 aromatic rings. The van der Waals surface area contributed by atoms with E-state index >= 15 is 0 Å². The number of hydrogen-bond donors (Lipinski definition) is 1. The van der Waals surface area contributed by atoms with Gasteiger partial charge < -0.3 is 20.0 Å². The molecule has 0 aromatic carbocycles. The Hall–Kier alpha value is -0.320. The van der Waals surface area contributed by atoms with Crippen LogP contribution in [0.25, 0.3) is 0 Å². The molecule has 60 valence electrons. The maximum absolute atomic E-state index is 9.79. The Labute approximate surface area is 65.0 Å². The summed E-state index contributed by atoms with van der Waals surface area (Å²) in [6.45, 7) is 1.29. The van der Waals surface area contributed by atoms with E-state index < -0.39 is 5.97 Å². The van der Waals surface area contributed by atoms with Crippen molar-refractivity contribution >= 4 is 18.4 Å². The minimum Gasteiger partial charge on any atom is -0.549 e. The fourth-order valence-electron chi connectivity index (χ4n) is 0.521. The Morgan fingerprint density at radius 1 is 1.80 bits per heavy atom. The van der Waals surface area contributed by atoms with Crippen LogP contribution in [0.2, 0.25) is 0 Å². The zero-order valence-electron chi connectivity index (χ0n) is 5.33. The zero-order valence-corrected chi connectivity index (χ0v) is 6.15. The fourth-order valence-corrected chi connectivity index (χ4v) is 0.521. The molecule has 0 amide bonds. The average Bonchev–Trinajstić information content (AvgIpc) is 2.48. The second-order valence-corrected chi connectivity index (χ2v) is 1.96. The molecule has 0 saturated carbocycles. The lowest BCUT2D eigenvalue weighted by molar-refractivity contribution is -0.304. The van der Waals surface area contributed by atoms with Crippen molar-refractivity contribution in [3.63, 3.8) is 0 Å². The molecule has 10 heavy (non-hydrogen) atoms. The molecule has 1 aliphatic rings. The first-order chi connectivity index (χ1) is 4.29. The molecule has 0 radical (unpaired) electrons. The van der Waals surface area contributed by atoms with E-state index in [1.54, 1.807) is 0 Å². The molecule has 1 atom stereocenters. The third kappa shape index (κ3) is 4.55. The Morgan fingerprint density at radius 2 is 2.40 bits per heavy atom. The van der Waals surface area contributed by atoms with E-state index in [-0.39, 0.29) is 25.1 Å². The molecule has 0 spiro atoms. The SMILES string of the molecule is Cl.O=C([O-])CNCC1CO1. The van der Waals surface area contributed by atoms with Crippen LogP contribution in [0.1, 0.15) is 0 Å². The summed E-state index contributed by atoms with van der Waals surface area (Å²) < 4.78 is 4.81. The molecule has 0 aromatic heterocycles. The number of carboxylic acid groups (broad SMARTS) is 1. The van der Waals surface area contributed by atoms with E-state index in [2.05, 4.69) is 5.32 Å². The van der Waals surface area contributed by atoms with Crippen molar-refractivity contribution in [2.45, 2.75) is 6.10 Å². The highest BCUT2D eigenvalue weighted by atomic mass is 35.5. The first kappa shape index (κ1) is 9.68. The highest BCUT2D eigenvalue weighted by molar-refractivity contribution is 5.85. The van der Waals surface area contributed by atoms with Gasteiger partial charge in [-0.2, -0.15) is 0 Å². The Kier molecular flexibility index (Phi) is 4.34. The van der Waals surface area contributed by atoms with Crippen LogP contribution in [0.15, 0.2) is 0 Å². The van der Waals surface area contributed by atoms with Crippen LogP contribution in [0, 0.1) is 0 Å². The largest absolute Gasteiger partial charge is 0.549 e. The zero-order chi connectivity index (χ0) is 6.69. The normalized spacial score (nSPS) is 21.4. The third-order valence-corrected chi connectivity index (χ3v) is 1.04. The summed E-state index contributed by atoms with van der Waals surface area (Å²) in [4.78, 5) is 9.79. The van der Waals surface area contributed by atoms with E-state index in [0.717, 1.165) is 6.61 Å². The van der Waals surface area contributed by atoms with Crippen LogP contribution in [-0.4, -0.2) is 31.8 Å². The van der Waals surface area contributed by atoms with Crippen LogP contribution in [0.3, 0.4) is 0 Å². The van der Waals surface area contributed by atoms with Gasteiger partial charge in [-0.15, -0.1) is 12.4 Å². The number of nitrogens with one attached hydrogen (secondary N) is 1. The van der Waals surface area contributed by atoms with Crippen molar-refractivity contribution in [3.8, 4) is 0 Å². The van der Waals surface area contributed by atoms with Gasteiger partial charge in [-0.25, -0.2) is 0 Å². The van der Waals surface area contributed by atoms with Crippen LogP contribution in [0.5, 0.6) is 0 Å². The molecular weight excluding hydrogens is 158 g/mol. The molecule has 1 unspecified atom stereocenters. The van der Waals surface area contributed by atoms with Crippen LogP contribution in [0.4, 0.5) is 0 Å². The highest BCUT2D eigenvalue weighted by Gasteiger charge is 2.20. The number of carbonyl (C=O) groups excluding carboxylic acids is 1. The molecule has 4 nitrogen and oxygen atoms in total. The Morgan fingerprint density at radius 3 is 2.80 bits per heavy atom. The van der Waals surface area contributed by atoms with Crippen LogP contribution >= 0.6 is 12.4 Å². The minimum atomic E-state index is -1.07. The van der Waals surface area contributed by atoms with E-state index in [9.17, 15) is 9.90 Å². The van der Waals surface area contributed by atoms with Crippen LogP contribution < -0.4 is 10.4 Å². The van der Waals surface area contributed by atoms with Gasteiger partial charge in [0.25, 0.3) is 0 Å². The van der Waals surface area contributed by atoms with Gasteiger partial charge >= 0.3 is 0 Å². The number of carbonyl (C=O) groups is 1. The monoisotopic (exact) mass is 166 g/mol. The van der Waals surface area contributed by atoms with Crippen molar-refractivity contribution in [3.05, 3.63) is 0 Å². The first-order valence-corrected chi connectivity index (χ1v) is 2.81. The summed E-state index contributed by atoms with van der Waals surface area (Å²) >= 11 is 0. The number of ether oxygens (including phenoxy) is 1. The summed E-state index contributed by atoms with van der Waals surface area (Å²) in [5.74, 6) is -1.07. The molecule has 1 fully saturated rings. The van der Waals surface area contributed by atoms with Crippen molar-refractivity contribution in [1.82, 2.24) is 5.32 Å². The maximum atomic E-state index is 9.79. The second-order valence-electron chi connectivity index (χ2n) is 1.96. The molecule has 0 aliphatic carbocycles. The molecule has 1 aliphatic heterocycles. The van der Waals surface area contributed by atoms with E-state index in [4.69, 9.17) is 4.74 Å². The summed E-state index contributed by atoms with van der Waals surface area (Å²) in [5.41, 5.74) is 0. The predicted octanol–water partition coefficient (Wildman–Crippen LogP) is -1.85. The van der Waals surface area contributed by atoms with Gasteiger partial charge in [-0.1, -0.05) is 0 Å². The van der Waals surface area contributed by atoms with Gasteiger partial charge in [-0.05, 0) is 0 Å². The lowest BCUT2D eigenvalue weighted by Gasteiger charge is -2.00. The molecule has 1 rings (SSSR count). The van der Waals surface area contributed by atoms with E-state index in [0.29, 0.717) is 6.54 Å². The van der Waals surface area contributed by atoms with E-state index in [1.165, 1.54) is 0 Å². The number of rotatable bonds is 4. The molecular formula is C5H9ClNO3-. The highest BCUT2D eigenvalue weighted by Crippen LogP contribution is 2.05.